The van der Waals surface area contributed by atoms with Crippen molar-refractivity contribution in [2.45, 2.75) is 26.1 Å². The van der Waals surface area contributed by atoms with Crippen LogP contribution in [0.1, 0.15) is 33.4 Å². The second kappa shape index (κ2) is 5.27. The molecule has 0 aliphatic heterocycles. The molecule has 2 aromatic rings. The predicted molar refractivity (Wildman–Crippen MR) is 65.6 cm³/mol. The Morgan fingerprint density at radius 1 is 1.43 bits per heavy atom. The molecule has 0 radical (unpaired) electrons. The topological polar surface area (TPSA) is 57.3 Å². The van der Waals surface area contributed by atoms with Crippen molar-refractivity contribution in [3.05, 3.63) is 41.1 Å². The Hall–Kier alpha value is -2.25. The molecule has 5 nitrogen and oxygen atoms in total. The molecule has 2 heterocycles. The first-order valence-electron chi connectivity index (χ1n) is 6.01. The molecule has 21 heavy (non-hydrogen) atoms. The standard InChI is InChI=1S/C13H13F3N2O3/c1-7-10(8(2)18(3)17-7)11(13(14,15)16)21-12(19)9-4-5-20-6-9/h4-6,11H,1-3H3/t11-/m1/s1. The van der Waals surface area contributed by atoms with E-state index >= 15 is 0 Å². The summed E-state index contributed by atoms with van der Waals surface area (Å²) in [6, 6.07) is 1.23. The molecule has 0 amide bonds. The van der Waals surface area contributed by atoms with E-state index in [4.69, 9.17) is 0 Å². The molecule has 1 atom stereocenters. The average molecular weight is 302 g/mol. The van der Waals surface area contributed by atoms with Crippen LogP contribution in [0.5, 0.6) is 0 Å². The molecule has 0 saturated carbocycles. The zero-order chi connectivity index (χ0) is 15.8. The molecule has 0 aliphatic carbocycles. The summed E-state index contributed by atoms with van der Waals surface area (Å²) in [7, 11) is 1.52. The van der Waals surface area contributed by atoms with E-state index in [1.165, 1.54) is 37.9 Å². The maximum Gasteiger partial charge on any atom is 0.430 e. The largest absolute Gasteiger partial charge is 0.472 e. The fraction of sp³-hybridized carbons (Fsp3) is 0.385. The van der Waals surface area contributed by atoms with E-state index in [1.54, 1.807) is 0 Å². The van der Waals surface area contributed by atoms with Crippen molar-refractivity contribution in [1.29, 1.82) is 0 Å². The quantitative estimate of drug-likeness (QED) is 0.818. The summed E-state index contributed by atoms with van der Waals surface area (Å²) in [6.07, 6.45) is -4.90. The van der Waals surface area contributed by atoms with Crippen molar-refractivity contribution >= 4 is 5.97 Å². The van der Waals surface area contributed by atoms with Gasteiger partial charge in [-0.25, -0.2) is 4.79 Å². The van der Waals surface area contributed by atoms with E-state index in [0.29, 0.717) is 0 Å². The fourth-order valence-corrected chi connectivity index (χ4v) is 2.01. The monoisotopic (exact) mass is 302 g/mol. The second-order valence-corrected chi connectivity index (χ2v) is 4.55. The van der Waals surface area contributed by atoms with Gasteiger partial charge in [-0.3, -0.25) is 4.68 Å². The van der Waals surface area contributed by atoms with Crippen LogP contribution in [0, 0.1) is 13.8 Å². The normalized spacial score (nSPS) is 13.2. The number of aromatic nitrogens is 2. The second-order valence-electron chi connectivity index (χ2n) is 4.55. The van der Waals surface area contributed by atoms with Crippen LogP contribution in [0.3, 0.4) is 0 Å². The number of aryl methyl sites for hydroxylation is 2. The van der Waals surface area contributed by atoms with Gasteiger partial charge in [0.2, 0.25) is 6.10 Å². The van der Waals surface area contributed by atoms with E-state index in [-0.39, 0.29) is 22.5 Å². The number of alkyl halides is 3. The van der Waals surface area contributed by atoms with Gasteiger partial charge in [0, 0.05) is 18.3 Å². The molecular formula is C13H13F3N2O3. The van der Waals surface area contributed by atoms with Gasteiger partial charge in [-0.1, -0.05) is 0 Å². The van der Waals surface area contributed by atoms with Gasteiger partial charge in [0.25, 0.3) is 0 Å². The van der Waals surface area contributed by atoms with Gasteiger partial charge in [-0.15, -0.1) is 0 Å². The number of hydrogen-bond donors (Lipinski definition) is 0. The predicted octanol–water partition coefficient (Wildman–Crippen LogP) is 3.09. The minimum Gasteiger partial charge on any atom is -0.472 e. The van der Waals surface area contributed by atoms with E-state index in [9.17, 15) is 18.0 Å². The van der Waals surface area contributed by atoms with Crippen LogP contribution in [0.4, 0.5) is 13.2 Å². The lowest BCUT2D eigenvalue weighted by molar-refractivity contribution is -0.207. The number of halogens is 3. The highest BCUT2D eigenvalue weighted by Gasteiger charge is 2.46. The summed E-state index contributed by atoms with van der Waals surface area (Å²) in [6.45, 7) is 2.92. The SMILES string of the molecule is Cc1nn(C)c(C)c1[C@@H](OC(=O)c1ccoc1)C(F)(F)F. The molecule has 114 valence electrons. The number of furan rings is 1. The van der Waals surface area contributed by atoms with Crippen LogP contribution >= 0.6 is 0 Å². The van der Waals surface area contributed by atoms with Gasteiger partial charge in [0.05, 0.1) is 17.5 Å². The third-order valence-electron chi connectivity index (χ3n) is 3.11. The van der Waals surface area contributed by atoms with Crippen molar-refractivity contribution in [2.75, 3.05) is 0 Å². The van der Waals surface area contributed by atoms with Gasteiger partial charge >= 0.3 is 12.1 Å². The summed E-state index contributed by atoms with van der Waals surface area (Å²) >= 11 is 0. The minimum atomic E-state index is -4.74. The van der Waals surface area contributed by atoms with Crippen molar-refractivity contribution in [3.8, 4) is 0 Å². The Morgan fingerprint density at radius 3 is 2.52 bits per heavy atom. The molecule has 8 heteroatoms. The number of carbonyl (C=O) groups is 1. The van der Waals surface area contributed by atoms with Crippen LogP contribution in [-0.4, -0.2) is 21.9 Å². The van der Waals surface area contributed by atoms with Crippen LogP contribution in [0.25, 0.3) is 0 Å². The Bertz CT molecular complexity index is 644. The van der Waals surface area contributed by atoms with Crippen molar-refractivity contribution in [3.63, 3.8) is 0 Å². The van der Waals surface area contributed by atoms with E-state index in [1.807, 2.05) is 0 Å². The zero-order valence-corrected chi connectivity index (χ0v) is 11.6. The minimum absolute atomic E-state index is 0.0801. The highest BCUT2D eigenvalue weighted by molar-refractivity contribution is 5.89. The first-order valence-corrected chi connectivity index (χ1v) is 6.01. The lowest BCUT2D eigenvalue weighted by Crippen LogP contribution is -2.27. The molecule has 2 rings (SSSR count). The Morgan fingerprint density at radius 2 is 2.10 bits per heavy atom. The summed E-state index contributed by atoms with van der Waals surface area (Å²) in [4.78, 5) is 11.8. The van der Waals surface area contributed by atoms with E-state index < -0.39 is 18.2 Å². The first-order chi connectivity index (χ1) is 9.71. The smallest absolute Gasteiger partial charge is 0.430 e. The van der Waals surface area contributed by atoms with Crippen LogP contribution < -0.4 is 0 Å². The third-order valence-corrected chi connectivity index (χ3v) is 3.11. The fourth-order valence-electron chi connectivity index (χ4n) is 2.01. The van der Waals surface area contributed by atoms with Crippen LogP contribution in [-0.2, 0) is 11.8 Å². The first kappa shape index (κ1) is 15.1. The maximum atomic E-state index is 13.2. The lowest BCUT2D eigenvalue weighted by atomic mass is 10.1. The van der Waals surface area contributed by atoms with E-state index in [2.05, 4.69) is 14.3 Å². The molecule has 0 aromatic carbocycles. The Balaban J connectivity index is 2.38. The lowest BCUT2D eigenvalue weighted by Gasteiger charge is -2.21. The molecular weight excluding hydrogens is 289 g/mol. The van der Waals surface area contributed by atoms with Crippen molar-refractivity contribution in [2.24, 2.45) is 7.05 Å². The van der Waals surface area contributed by atoms with E-state index in [0.717, 1.165) is 6.26 Å². The maximum absolute atomic E-state index is 13.2. The number of rotatable bonds is 3. The molecule has 0 bridgehead atoms. The zero-order valence-electron chi connectivity index (χ0n) is 11.6. The van der Waals surface area contributed by atoms with Gasteiger partial charge < -0.3 is 9.15 Å². The van der Waals surface area contributed by atoms with Gasteiger partial charge in [-0.2, -0.15) is 18.3 Å². The molecule has 0 saturated heterocycles. The molecule has 0 fully saturated rings. The summed E-state index contributed by atoms with van der Waals surface area (Å²) in [5, 5.41) is 3.92. The Labute approximate surface area is 118 Å². The highest BCUT2D eigenvalue weighted by Crippen LogP contribution is 2.39. The summed E-state index contributed by atoms with van der Waals surface area (Å²) < 4.78 is 50.3. The number of hydrogen-bond acceptors (Lipinski definition) is 4. The summed E-state index contributed by atoms with van der Waals surface area (Å²) in [5.74, 6) is -1.10. The molecule has 0 aliphatic rings. The number of esters is 1. The van der Waals surface area contributed by atoms with Crippen LogP contribution in [0.15, 0.2) is 23.0 Å². The Kier molecular flexibility index (Phi) is 3.80. The van der Waals surface area contributed by atoms with Crippen LogP contribution in [0.2, 0.25) is 0 Å². The summed E-state index contributed by atoms with van der Waals surface area (Å²) in [5.41, 5.74) is 0.220. The number of nitrogens with zero attached hydrogens (tertiary/aromatic N) is 2. The van der Waals surface area contributed by atoms with Gasteiger partial charge in [0.15, 0.2) is 0 Å². The van der Waals surface area contributed by atoms with Gasteiger partial charge in [0.1, 0.15) is 6.26 Å². The number of ether oxygens (including phenoxy) is 1. The van der Waals surface area contributed by atoms with Gasteiger partial charge in [-0.05, 0) is 19.9 Å². The molecule has 0 unspecified atom stereocenters. The number of carbonyl (C=O) groups excluding carboxylic acids is 1. The highest BCUT2D eigenvalue weighted by atomic mass is 19.4. The molecule has 2 aromatic heterocycles. The average Bonchev–Trinajstić information content (AvgIpc) is 2.96. The van der Waals surface area contributed by atoms with Crippen molar-refractivity contribution in [1.82, 2.24) is 9.78 Å². The third kappa shape index (κ3) is 2.93. The molecule has 0 N–H and O–H groups in total. The molecule has 0 spiro atoms. The van der Waals surface area contributed by atoms with Crippen molar-refractivity contribution < 1.29 is 27.1 Å².